The highest BCUT2D eigenvalue weighted by Gasteiger charge is 2.25. The van der Waals surface area contributed by atoms with E-state index in [0.717, 1.165) is 20.1 Å². The van der Waals surface area contributed by atoms with Crippen LogP contribution in [-0.2, 0) is 6.54 Å². The molecule has 0 radical (unpaired) electrons. The van der Waals surface area contributed by atoms with Gasteiger partial charge in [-0.3, -0.25) is 19.6 Å². The van der Waals surface area contributed by atoms with E-state index in [4.69, 9.17) is 0 Å². The standard InChI is InChI=1S/C18H13Br2N5O3/c19-14-5-1-3-12(7-14)9-21-22-18(26)17-16(25(27)28)11-24(23-17)10-13-4-2-6-15(20)8-13/h1-9,11H,10H2,(H,22,26)/b21-9-. The van der Waals surface area contributed by atoms with Gasteiger partial charge in [-0.05, 0) is 35.4 Å². The first-order chi connectivity index (χ1) is 13.4. The third kappa shape index (κ3) is 5.11. The van der Waals surface area contributed by atoms with Gasteiger partial charge >= 0.3 is 5.69 Å². The van der Waals surface area contributed by atoms with E-state index in [1.54, 1.807) is 6.07 Å². The molecular formula is C18H13Br2N5O3. The fourth-order valence-corrected chi connectivity index (χ4v) is 3.28. The highest BCUT2D eigenvalue weighted by atomic mass is 79.9. The van der Waals surface area contributed by atoms with Crippen LogP contribution in [0.25, 0.3) is 0 Å². The quantitative estimate of drug-likeness (QED) is 0.308. The fraction of sp³-hybridized carbons (Fsp3) is 0.0556. The molecule has 10 heteroatoms. The molecule has 1 aromatic heterocycles. The zero-order valence-electron chi connectivity index (χ0n) is 14.3. The van der Waals surface area contributed by atoms with Gasteiger partial charge < -0.3 is 0 Å². The van der Waals surface area contributed by atoms with Gasteiger partial charge in [0.25, 0.3) is 5.91 Å². The highest BCUT2D eigenvalue weighted by Crippen LogP contribution is 2.19. The van der Waals surface area contributed by atoms with Gasteiger partial charge in [0.15, 0.2) is 0 Å². The highest BCUT2D eigenvalue weighted by molar-refractivity contribution is 9.10. The molecule has 3 aromatic rings. The van der Waals surface area contributed by atoms with Crippen LogP contribution in [0.4, 0.5) is 5.69 Å². The van der Waals surface area contributed by atoms with Gasteiger partial charge in [0.2, 0.25) is 5.69 Å². The van der Waals surface area contributed by atoms with Crippen molar-refractivity contribution in [3.05, 3.63) is 90.6 Å². The van der Waals surface area contributed by atoms with Gasteiger partial charge in [0, 0.05) is 8.95 Å². The number of amides is 1. The van der Waals surface area contributed by atoms with E-state index in [-0.39, 0.29) is 17.9 Å². The van der Waals surface area contributed by atoms with Crippen molar-refractivity contribution >= 4 is 49.7 Å². The zero-order chi connectivity index (χ0) is 20.1. The average Bonchev–Trinajstić information content (AvgIpc) is 3.06. The first-order valence-corrected chi connectivity index (χ1v) is 9.56. The molecule has 1 amide bonds. The molecule has 8 nitrogen and oxygen atoms in total. The minimum absolute atomic E-state index is 0.287. The van der Waals surface area contributed by atoms with Crippen LogP contribution in [0.3, 0.4) is 0 Å². The van der Waals surface area contributed by atoms with E-state index in [1.165, 1.54) is 17.1 Å². The average molecular weight is 507 g/mol. The molecule has 0 aliphatic carbocycles. The Morgan fingerprint density at radius 1 is 1.21 bits per heavy atom. The molecule has 0 saturated heterocycles. The fourth-order valence-electron chi connectivity index (χ4n) is 2.41. The summed E-state index contributed by atoms with van der Waals surface area (Å²) in [7, 11) is 0. The van der Waals surface area contributed by atoms with Gasteiger partial charge in [-0.25, -0.2) is 5.43 Å². The SMILES string of the molecule is O=C(N/N=C\c1cccc(Br)c1)c1nn(Cc2cccc(Br)c2)cc1[N+](=O)[O-]. The summed E-state index contributed by atoms with van der Waals surface area (Å²) >= 11 is 6.71. The Morgan fingerprint density at radius 2 is 1.93 bits per heavy atom. The summed E-state index contributed by atoms with van der Waals surface area (Å²) in [5.74, 6) is -0.758. The molecule has 142 valence electrons. The van der Waals surface area contributed by atoms with Crippen LogP contribution in [0.2, 0.25) is 0 Å². The summed E-state index contributed by atoms with van der Waals surface area (Å²) in [5, 5.41) is 19.2. The smallest absolute Gasteiger partial charge is 0.265 e. The van der Waals surface area contributed by atoms with Crippen LogP contribution < -0.4 is 5.43 Å². The number of nitrogens with one attached hydrogen (secondary N) is 1. The number of halogens is 2. The van der Waals surface area contributed by atoms with E-state index in [9.17, 15) is 14.9 Å². The van der Waals surface area contributed by atoms with Crippen molar-refractivity contribution < 1.29 is 9.72 Å². The van der Waals surface area contributed by atoms with E-state index in [1.807, 2.05) is 42.5 Å². The summed E-state index contributed by atoms with van der Waals surface area (Å²) < 4.78 is 3.10. The summed E-state index contributed by atoms with van der Waals surface area (Å²) in [6.45, 7) is 0.287. The molecular weight excluding hydrogens is 494 g/mol. The van der Waals surface area contributed by atoms with Gasteiger partial charge in [0.1, 0.15) is 6.20 Å². The summed E-state index contributed by atoms with van der Waals surface area (Å²) in [4.78, 5) is 23.0. The predicted molar refractivity (Wildman–Crippen MR) is 111 cm³/mol. The van der Waals surface area contributed by atoms with Crippen LogP contribution in [-0.4, -0.2) is 26.8 Å². The van der Waals surface area contributed by atoms with Crippen LogP contribution in [0.15, 0.2) is 68.8 Å². The van der Waals surface area contributed by atoms with Gasteiger partial charge in [-0.15, -0.1) is 0 Å². The van der Waals surface area contributed by atoms with Crippen molar-refractivity contribution in [2.75, 3.05) is 0 Å². The van der Waals surface area contributed by atoms with Crippen LogP contribution in [0, 0.1) is 10.1 Å². The maximum Gasteiger partial charge on any atom is 0.320 e. The van der Waals surface area contributed by atoms with Gasteiger partial charge in [-0.2, -0.15) is 10.2 Å². The summed E-state index contributed by atoms with van der Waals surface area (Å²) in [5.41, 5.74) is 3.23. The topological polar surface area (TPSA) is 102 Å². The Hall–Kier alpha value is -2.85. The molecule has 1 heterocycles. The maximum atomic E-state index is 12.3. The monoisotopic (exact) mass is 505 g/mol. The molecule has 0 bridgehead atoms. The second-order valence-electron chi connectivity index (χ2n) is 5.70. The number of nitrogens with zero attached hydrogens (tertiary/aromatic N) is 4. The summed E-state index contributed by atoms with van der Waals surface area (Å²) in [6, 6.07) is 14.7. The first-order valence-electron chi connectivity index (χ1n) is 7.97. The molecule has 0 aliphatic heterocycles. The van der Waals surface area contributed by atoms with Crippen molar-refractivity contribution in [3.8, 4) is 0 Å². The summed E-state index contributed by atoms with van der Waals surface area (Å²) in [6.07, 6.45) is 2.67. The van der Waals surface area contributed by atoms with Crippen LogP contribution in [0.1, 0.15) is 21.6 Å². The molecule has 2 aromatic carbocycles. The van der Waals surface area contributed by atoms with Crippen molar-refractivity contribution in [1.82, 2.24) is 15.2 Å². The predicted octanol–water partition coefficient (Wildman–Crippen LogP) is 4.13. The van der Waals surface area contributed by atoms with E-state index in [2.05, 4.69) is 47.5 Å². The number of benzene rings is 2. The first kappa shape index (κ1) is 19.9. The second kappa shape index (κ2) is 8.89. The van der Waals surface area contributed by atoms with E-state index < -0.39 is 10.8 Å². The number of carbonyl (C=O) groups is 1. The van der Waals surface area contributed by atoms with Crippen molar-refractivity contribution in [2.45, 2.75) is 6.54 Å². The molecule has 1 N–H and O–H groups in total. The molecule has 0 aliphatic rings. The number of aromatic nitrogens is 2. The minimum atomic E-state index is -0.758. The number of hydrogen-bond donors (Lipinski definition) is 1. The Balaban J connectivity index is 1.77. The van der Waals surface area contributed by atoms with Crippen molar-refractivity contribution in [1.29, 1.82) is 0 Å². The maximum absolute atomic E-state index is 12.3. The van der Waals surface area contributed by atoms with Crippen molar-refractivity contribution in [3.63, 3.8) is 0 Å². The molecule has 3 rings (SSSR count). The Labute approximate surface area is 176 Å². The van der Waals surface area contributed by atoms with E-state index in [0.29, 0.717) is 0 Å². The lowest BCUT2D eigenvalue weighted by Gasteiger charge is -2.01. The lowest BCUT2D eigenvalue weighted by molar-refractivity contribution is -0.385. The van der Waals surface area contributed by atoms with Crippen LogP contribution >= 0.6 is 31.9 Å². The largest absolute Gasteiger partial charge is 0.320 e. The van der Waals surface area contributed by atoms with Crippen molar-refractivity contribution in [2.24, 2.45) is 5.10 Å². The number of rotatable bonds is 6. The third-order valence-electron chi connectivity index (χ3n) is 3.62. The van der Waals surface area contributed by atoms with Gasteiger partial charge in [0.05, 0.1) is 17.7 Å². The lowest BCUT2D eigenvalue weighted by Crippen LogP contribution is -2.19. The second-order valence-corrected chi connectivity index (χ2v) is 7.53. The number of hydrogen-bond acceptors (Lipinski definition) is 5. The van der Waals surface area contributed by atoms with E-state index >= 15 is 0 Å². The molecule has 0 atom stereocenters. The molecule has 0 unspecified atom stereocenters. The normalized spacial score (nSPS) is 10.9. The lowest BCUT2D eigenvalue weighted by atomic mass is 10.2. The molecule has 0 fully saturated rings. The molecule has 28 heavy (non-hydrogen) atoms. The Morgan fingerprint density at radius 3 is 2.61 bits per heavy atom. The molecule has 0 spiro atoms. The zero-order valence-corrected chi connectivity index (χ0v) is 17.4. The number of hydrazone groups is 1. The number of carbonyl (C=O) groups excluding carboxylic acids is 1. The molecule has 0 saturated carbocycles. The minimum Gasteiger partial charge on any atom is -0.265 e. The van der Waals surface area contributed by atoms with Crippen LogP contribution in [0.5, 0.6) is 0 Å². The van der Waals surface area contributed by atoms with Gasteiger partial charge in [-0.1, -0.05) is 56.1 Å². The number of nitro groups is 1. The Kier molecular flexibility index (Phi) is 6.32. The third-order valence-corrected chi connectivity index (χ3v) is 4.60. The Bertz CT molecular complexity index is 1060.